The Morgan fingerprint density at radius 2 is 2.12 bits per heavy atom. The van der Waals surface area contributed by atoms with Crippen molar-refractivity contribution in [3.05, 3.63) is 34.6 Å². The molecule has 3 heteroatoms. The van der Waals surface area contributed by atoms with Crippen LogP contribution in [0.4, 0.5) is 4.39 Å². The van der Waals surface area contributed by atoms with E-state index in [1.165, 1.54) is 12.1 Å². The van der Waals surface area contributed by atoms with Crippen LogP contribution in [-0.2, 0) is 0 Å². The second kappa shape index (κ2) is 4.58. The maximum atomic E-state index is 13.3. The van der Waals surface area contributed by atoms with Crippen molar-refractivity contribution in [3.63, 3.8) is 0 Å². The van der Waals surface area contributed by atoms with Gasteiger partial charge < -0.3 is 5.73 Å². The lowest BCUT2D eigenvalue weighted by Crippen LogP contribution is -2.37. The third-order valence-corrected chi connectivity index (χ3v) is 4.15. The standard InChI is InChI=1S/C14H19ClFN/c1-14(2)6-5-13(17)11(8-14)10-7-9(16)3-4-12(10)15/h3-4,7,11,13H,5-6,8,17H2,1-2H3. The highest BCUT2D eigenvalue weighted by atomic mass is 35.5. The molecule has 0 aromatic heterocycles. The Kier molecular flexibility index (Phi) is 3.46. The van der Waals surface area contributed by atoms with Crippen LogP contribution in [0, 0.1) is 11.2 Å². The Bertz CT molecular complexity index is 417. The molecule has 0 saturated heterocycles. The van der Waals surface area contributed by atoms with Gasteiger partial charge in [0.2, 0.25) is 0 Å². The minimum atomic E-state index is -0.236. The maximum Gasteiger partial charge on any atom is 0.123 e. The summed E-state index contributed by atoms with van der Waals surface area (Å²) in [6.45, 7) is 4.47. The quantitative estimate of drug-likeness (QED) is 0.803. The van der Waals surface area contributed by atoms with Gasteiger partial charge in [0.25, 0.3) is 0 Å². The van der Waals surface area contributed by atoms with Gasteiger partial charge in [-0.3, -0.25) is 0 Å². The summed E-state index contributed by atoms with van der Waals surface area (Å²) in [5, 5.41) is 0.629. The molecule has 0 spiro atoms. The zero-order chi connectivity index (χ0) is 12.6. The first-order valence-corrected chi connectivity index (χ1v) is 6.47. The van der Waals surface area contributed by atoms with Crippen molar-refractivity contribution in [2.75, 3.05) is 0 Å². The molecule has 0 heterocycles. The number of hydrogen-bond acceptors (Lipinski definition) is 1. The molecule has 1 fully saturated rings. The Morgan fingerprint density at radius 3 is 2.82 bits per heavy atom. The zero-order valence-corrected chi connectivity index (χ0v) is 11.1. The molecule has 1 aliphatic carbocycles. The van der Waals surface area contributed by atoms with Crippen molar-refractivity contribution in [3.8, 4) is 0 Å². The van der Waals surface area contributed by atoms with Crippen molar-refractivity contribution < 1.29 is 4.39 Å². The van der Waals surface area contributed by atoms with E-state index < -0.39 is 0 Å². The highest BCUT2D eigenvalue weighted by Gasteiger charge is 2.34. The number of halogens is 2. The van der Waals surface area contributed by atoms with Gasteiger partial charge in [0.05, 0.1) is 0 Å². The summed E-state index contributed by atoms with van der Waals surface area (Å²) in [5.41, 5.74) is 7.30. The fraction of sp³-hybridized carbons (Fsp3) is 0.571. The molecule has 0 radical (unpaired) electrons. The molecule has 2 N–H and O–H groups in total. The predicted octanol–water partition coefficient (Wildman–Crippen LogP) is 4.10. The van der Waals surface area contributed by atoms with Crippen LogP contribution < -0.4 is 5.73 Å². The second-order valence-corrected chi connectivity index (χ2v) is 6.25. The third-order valence-electron chi connectivity index (χ3n) is 3.80. The number of benzene rings is 1. The lowest BCUT2D eigenvalue weighted by molar-refractivity contribution is 0.198. The van der Waals surface area contributed by atoms with Crippen LogP contribution in [0.15, 0.2) is 18.2 Å². The lowest BCUT2D eigenvalue weighted by atomic mass is 9.68. The van der Waals surface area contributed by atoms with E-state index in [0.717, 1.165) is 24.8 Å². The molecule has 2 atom stereocenters. The van der Waals surface area contributed by atoms with Gasteiger partial charge in [0.15, 0.2) is 0 Å². The fourth-order valence-electron chi connectivity index (χ4n) is 2.75. The normalized spacial score (nSPS) is 28.1. The van der Waals surface area contributed by atoms with Crippen LogP contribution in [-0.4, -0.2) is 6.04 Å². The number of rotatable bonds is 1. The average molecular weight is 256 g/mol. The molecule has 1 aromatic rings. The molecule has 2 rings (SSSR count). The first-order valence-electron chi connectivity index (χ1n) is 6.09. The summed E-state index contributed by atoms with van der Waals surface area (Å²) in [6, 6.07) is 4.64. The van der Waals surface area contributed by atoms with Crippen LogP contribution in [0.3, 0.4) is 0 Å². The molecule has 1 aliphatic rings. The summed E-state index contributed by atoms with van der Waals surface area (Å²) in [6.07, 6.45) is 3.07. The van der Waals surface area contributed by atoms with Crippen LogP contribution >= 0.6 is 11.6 Å². The van der Waals surface area contributed by atoms with Crippen molar-refractivity contribution in [1.29, 1.82) is 0 Å². The lowest BCUT2D eigenvalue weighted by Gasteiger charge is -2.39. The van der Waals surface area contributed by atoms with E-state index in [1.54, 1.807) is 6.07 Å². The zero-order valence-electron chi connectivity index (χ0n) is 10.3. The van der Waals surface area contributed by atoms with E-state index in [1.807, 2.05) is 0 Å². The molecule has 0 amide bonds. The molecular weight excluding hydrogens is 237 g/mol. The number of nitrogens with two attached hydrogens (primary N) is 1. The first kappa shape index (κ1) is 12.8. The minimum Gasteiger partial charge on any atom is -0.327 e. The van der Waals surface area contributed by atoms with Crippen LogP contribution in [0.1, 0.15) is 44.6 Å². The molecule has 0 bridgehead atoms. The second-order valence-electron chi connectivity index (χ2n) is 5.84. The maximum absolute atomic E-state index is 13.3. The summed E-state index contributed by atoms with van der Waals surface area (Å²) < 4.78 is 13.3. The van der Waals surface area contributed by atoms with E-state index in [2.05, 4.69) is 13.8 Å². The fourth-order valence-corrected chi connectivity index (χ4v) is 3.00. The van der Waals surface area contributed by atoms with E-state index in [4.69, 9.17) is 17.3 Å². The van der Waals surface area contributed by atoms with Crippen LogP contribution in [0.25, 0.3) is 0 Å². The van der Waals surface area contributed by atoms with Crippen LogP contribution in [0.2, 0.25) is 5.02 Å². The van der Waals surface area contributed by atoms with E-state index >= 15 is 0 Å². The average Bonchev–Trinajstić information content (AvgIpc) is 2.25. The van der Waals surface area contributed by atoms with Crippen molar-refractivity contribution in [2.24, 2.45) is 11.1 Å². The monoisotopic (exact) mass is 255 g/mol. The molecule has 1 aromatic carbocycles. The van der Waals surface area contributed by atoms with Crippen molar-refractivity contribution in [2.45, 2.75) is 45.1 Å². The molecule has 0 aliphatic heterocycles. The molecule has 1 saturated carbocycles. The SMILES string of the molecule is CC1(C)CCC(N)C(c2cc(F)ccc2Cl)C1. The van der Waals surface area contributed by atoms with E-state index in [0.29, 0.717) is 5.02 Å². The summed E-state index contributed by atoms with van der Waals surface area (Å²) in [7, 11) is 0. The molecule has 94 valence electrons. The first-order chi connectivity index (χ1) is 7.89. The largest absolute Gasteiger partial charge is 0.327 e. The van der Waals surface area contributed by atoms with E-state index in [9.17, 15) is 4.39 Å². The Hall–Kier alpha value is -0.600. The van der Waals surface area contributed by atoms with Gasteiger partial charge in [-0.15, -0.1) is 0 Å². The topological polar surface area (TPSA) is 26.0 Å². The van der Waals surface area contributed by atoms with Crippen molar-refractivity contribution in [1.82, 2.24) is 0 Å². The Morgan fingerprint density at radius 1 is 1.41 bits per heavy atom. The van der Waals surface area contributed by atoms with Gasteiger partial charge in [-0.2, -0.15) is 0 Å². The van der Waals surface area contributed by atoms with Crippen molar-refractivity contribution >= 4 is 11.6 Å². The summed E-state index contributed by atoms with van der Waals surface area (Å²) >= 11 is 6.17. The third kappa shape index (κ3) is 2.80. The Labute approximate surface area is 107 Å². The molecule has 17 heavy (non-hydrogen) atoms. The summed E-state index contributed by atoms with van der Waals surface area (Å²) in [5.74, 6) is -0.0677. The van der Waals surface area contributed by atoms with Crippen LogP contribution in [0.5, 0.6) is 0 Å². The van der Waals surface area contributed by atoms with Gasteiger partial charge in [-0.05, 0) is 48.4 Å². The Balaban J connectivity index is 2.34. The molecule has 1 nitrogen and oxygen atoms in total. The number of hydrogen-bond donors (Lipinski definition) is 1. The van der Waals surface area contributed by atoms with Gasteiger partial charge in [0.1, 0.15) is 5.82 Å². The molecule has 2 unspecified atom stereocenters. The van der Waals surface area contributed by atoms with E-state index in [-0.39, 0.29) is 23.2 Å². The van der Waals surface area contributed by atoms with Gasteiger partial charge in [0, 0.05) is 17.0 Å². The summed E-state index contributed by atoms with van der Waals surface area (Å²) in [4.78, 5) is 0. The molecular formula is C14H19ClFN. The van der Waals surface area contributed by atoms with Gasteiger partial charge in [-0.25, -0.2) is 4.39 Å². The highest BCUT2D eigenvalue weighted by Crippen LogP contribution is 2.44. The van der Waals surface area contributed by atoms with Gasteiger partial charge in [-0.1, -0.05) is 25.4 Å². The highest BCUT2D eigenvalue weighted by molar-refractivity contribution is 6.31. The smallest absolute Gasteiger partial charge is 0.123 e. The predicted molar refractivity (Wildman–Crippen MR) is 69.8 cm³/mol. The minimum absolute atomic E-state index is 0.0855. The van der Waals surface area contributed by atoms with Gasteiger partial charge >= 0.3 is 0 Å².